The van der Waals surface area contributed by atoms with Crippen LogP contribution < -0.4 is 0 Å². The monoisotopic (exact) mass is 394 g/mol. The Balaban J connectivity index is 2.65. The fraction of sp³-hybridized carbons (Fsp3) is 0.682. The van der Waals surface area contributed by atoms with Crippen molar-refractivity contribution in [3.05, 3.63) is 23.3 Å². The first-order valence-electron chi connectivity index (χ1n) is 9.93. The highest BCUT2D eigenvalue weighted by molar-refractivity contribution is 5.88. The molecule has 0 aromatic rings. The zero-order valence-electron chi connectivity index (χ0n) is 17.7. The van der Waals surface area contributed by atoms with E-state index in [9.17, 15) is 14.4 Å². The maximum absolute atomic E-state index is 12.5. The minimum atomic E-state index is -1.02. The van der Waals surface area contributed by atoms with Gasteiger partial charge in [0.05, 0.1) is 6.61 Å². The van der Waals surface area contributed by atoms with Crippen LogP contribution in [-0.4, -0.2) is 41.1 Å². The quantitative estimate of drug-likeness (QED) is 0.358. The van der Waals surface area contributed by atoms with E-state index in [4.69, 9.17) is 14.6 Å². The highest BCUT2D eigenvalue weighted by Gasteiger charge is 2.36. The van der Waals surface area contributed by atoms with Gasteiger partial charge in [-0.15, -0.1) is 0 Å². The van der Waals surface area contributed by atoms with Gasteiger partial charge in [-0.3, -0.25) is 9.59 Å². The number of carboxylic acids is 1. The molecule has 0 aromatic carbocycles. The predicted octanol–water partition coefficient (Wildman–Crippen LogP) is 4.23. The van der Waals surface area contributed by atoms with Crippen LogP contribution in [0.25, 0.3) is 0 Å². The molecule has 1 aliphatic heterocycles. The van der Waals surface area contributed by atoms with Crippen molar-refractivity contribution in [3.63, 3.8) is 0 Å². The van der Waals surface area contributed by atoms with Gasteiger partial charge < -0.3 is 14.6 Å². The molecule has 6 nitrogen and oxygen atoms in total. The maximum atomic E-state index is 12.5. The molecule has 1 rings (SSSR count). The molecule has 2 unspecified atom stereocenters. The number of carbonyl (C=O) groups is 3. The molecule has 1 aliphatic rings. The van der Waals surface area contributed by atoms with Crippen molar-refractivity contribution in [2.45, 2.75) is 84.8 Å². The van der Waals surface area contributed by atoms with Gasteiger partial charge in [0.25, 0.3) is 0 Å². The van der Waals surface area contributed by atoms with Gasteiger partial charge in [0, 0.05) is 25.8 Å². The Bertz CT molecular complexity index is 629. The molecule has 0 saturated carbocycles. The molecule has 0 aliphatic carbocycles. The molecule has 1 N–H and O–H groups in total. The summed E-state index contributed by atoms with van der Waals surface area (Å²) in [6.45, 7) is 9.45. The van der Waals surface area contributed by atoms with E-state index >= 15 is 0 Å². The fourth-order valence-corrected chi connectivity index (χ4v) is 3.35. The van der Waals surface area contributed by atoms with Gasteiger partial charge in [0.2, 0.25) is 0 Å². The zero-order chi connectivity index (χ0) is 21.3. The minimum Gasteiger partial charge on any atom is -0.478 e. The van der Waals surface area contributed by atoms with Crippen LogP contribution in [0.4, 0.5) is 0 Å². The van der Waals surface area contributed by atoms with Gasteiger partial charge >= 0.3 is 11.9 Å². The Hall–Kier alpha value is -1.95. The van der Waals surface area contributed by atoms with Crippen molar-refractivity contribution >= 4 is 17.7 Å². The summed E-state index contributed by atoms with van der Waals surface area (Å²) in [7, 11) is 0. The number of rotatable bonds is 9. The highest BCUT2D eigenvalue weighted by atomic mass is 16.5. The second kappa shape index (κ2) is 11.1. The van der Waals surface area contributed by atoms with Gasteiger partial charge in [0.15, 0.2) is 5.78 Å². The lowest BCUT2D eigenvalue weighted by molar-refractivity contribution is -0.148. The van der Waals surface area contributed by atoms with Gasteiger partial charge in [-0.25, -0.2) is 4.79 Å². The number of hydrogen-bond donors (Lipinski definition) is 1. The summed E-state index contributed by atoms with van der Waals surface area (Å²) in [4.78, 5) is 34.8. The van der Waals surface area contributed by atoms with Crippen LogP contribution >= 0.6 is 0 Å². The van der Waals surface area contributed by atoms with Crippen LogP contribution in [0.2, 0.25) is 0 Å². The van der Waals surface area contributed by atoms with Gasteiger partial charge in [0.1, 0.15) is 11.7 Å². The van der Waals surface area contributed by atoms with E-state index in [-0.39, 0.29) is 30.4 Å². The molecule has 158 valence electrons. The third kappa shape index (κ3) is 8.38. The molecule has 3 atom stereocenters. The van der Waals surface area contributed by atoms with Crippen molar-refractivity contribution in [2.75, 3.05) is 6.61 Å². The van der Waals surface area contributed by atoms with Crippen LogP contribution in [0.15, 0.2) is 23.3 Å². The second-order valence-corrected chi connectivity index (χ2v) is 8.12. The highest BCUT2D eigenvalue weighted by Crippen LogP contribution is 2.29. The first-order valence-corrected chi connectivity index (χ1v) is 9.93. The van der Waals surface area contributed by atoms with Crippen molar-refractivity contribution in [1.82, 2.24) is 0 Å². The number of carbonyl (C=O) groups excluding carboxylic acids is 2. The van der Waals surface area contributed by atoms with Crippen molar-refractivity contribution in [2.24, 2.45) is 5.92 Å². The summed E-state index contributed by atoms with van der Waals surface area (Å²) in [5.74, 6) is -1.14. The summed E-state index contributed by atoms with van der Waals surface area (Å²) in [5, 5.41) is 8.89. The average molecular weight is 395 g/mol. The van der Waals surface area contributed by atoms with E-state index in [1.165, 1.54) is 12.5 Å². The van der Waals surface area contributed by atoms with Crippen molar-refractivity contribution < 1.29 is 29.0 Å². The summed E-state index contributed by atoms with van der Waals surface area (Å²) in [5.41, 5.74) is 0.916. The molecule has 6 heteroatoms. The Morgan fingerprint density at radius 1 is 1.29 bits per heavy atom. The standard InChI is InChI=1S/C22H34O6/c1-15(2)8-10-19(28-17(4)23)16(3)7-6-12-22(5)20(24)11-9-18(14-27-22)13-21(25)26/h8,13,16,19H,6-7,9-12,14H2,1-5H3,(H,25,26)/t16?,19?,22-/m0/s1. The molecular weight excluding hydrogens is 360 g/mol. The molecule has 0 spiro atoms. The first-order chi connectivity index (χ1) is 13.0. The van der Waals surface area contributed by atoms with E-state index in [2.05, 4.69) is 13.0 Å². The topological polar surface area (TPSA) is 89.9 Å². The van der Waals surface area contributed by atoms with E-state index in [1.54, 1.807) is 6.92 Å². The second-order valence-electron chi connectivity index (χ2n) is 8.12. The van der Waals surface area contributed by atoms with Crippen LogP contribution in [0.1, 0.15) is 73.1 Å². The molecule has 0 bridgehead atoms. The summed E-state index contributed by atoms with van der Waals surface area (Å²) in [6, 6.07) is 0. The van der Waals surface area contributed by atoms with E-state index < -0.39 is 11.6 Å². The third-order valence-corrected chi connectivity index (χ3v) is 5.19. The molecule has 1 heterocycles. The van der Waals surface area contributed by atoms with Crippen LogP contribution in [0, 0.1) is 5.92 Å². The van der Waals surface area contributed by atoms with Crippen LogP contribution in [-0.2, 0) is 23.9 Å². The van der Waals surface area contributed by atoms with Crippen LogP contribution in [0.3, 0.4) is 0 Å². The normalized spacial score (nSPS) is 23.6. The van der Waals surface area contributed by atoms with Crippen molar-refractivity contribution in [1.29, 1.82) is 0 Å². The smallest absolute Gasteiger partial charge is 0.328 e. The lowest BCUT2D eigenvalue weighted by atomic mass is 9.88. The minimum absolute atomic E-state index is 0.00928. The molecule has 0 aromatic heterocycles. The van der Waals surface area contributed by atoms with E-state index in [0.29, 0.717) is 31.3 Å². The number of ketones is 1. The molecular formula is C22H34O6. The van der Waals surface area contributed by atoms with E-state index in [1.807, 2.05) is 13.8 Å². The number of hydrogen-bond acceptors (Lipinski definition) is 5. The number of ether oxygens (including phenoxy) is 2. The molecule has 28 heavy (non-hydrogen) atoms. The van der Waals surface area contributed by atoms with Gasteiger partial charge in [-0.05, 0) is 57.9 Å². The third-order valence-electron chi connectivity index (χ3n) is 5.19. The number of allylic oxidation sites excluding steroid dienone is 1. The number of carboxylic acid groups (broad SMARTS) is 1. The summed E-state index contributed by atoms with van der Waals surface area (Å²) < 4.78 is 11.3. The lowest BCUT2D eigenvalue weighted by Crippen LogP contribution is -2.37. The van der Waals surface area contributed by atoms with Crippen molar-refractivity contribution in [3.8, 4) is 0 Å². The SMILES string of the molecule is CC(=O)OC(CC=C(C)C)C(C)CCC[C@]1(C)OCC(=CC(=O)O)CCC1=O. The first kappa shape index (κ1) is 24.1. The molecule has 1 saturated heterocycles. The zero-order valence-corrected chi connectivity index (χ0v) is 17.7. The van der Waals surface area contributed by atoms with Gasteiger partial charge in [-0.2, -0.15) is 0 Å². The molecule has 0 radical (unpaired) electrons. The predicted molar refractivity (Wildman–Crippen MR) is 107 cm³/mol. The lowest BCUT2D eigenvalue weighted by Gasteiger charge is -2.28. The Morgan fingerprint density at radius 2 is 1.96 bits per heavy atom. The van der Waals surface area contributed by atoms with E-state index in [0.717, 1.165) is 18.9 Å². The summed E-state index contributed by atoms with van der Waals surface area (Å²) in [6.07, 6.45) is 6.54. The molecule has 0 amide bonds. The Morgan fingerprint density at radius 3 is 2.54 bits per heavy atom. The fourth-order valence-electron chi connectivity index (χ4n) is 3.35. The summed E-state index contributed by atoms with van der Waals surface area (Å²) >= 11 is 0. The Kier molecular flexibility index (Phi) is 9.59. The average Bonchev–Trinajstić information content (AvgIpc) is 2.71. The largest absolute Gasteiger partial charge is 0.478 e. The number of esters is 1. The van der Waals surface area contributed by atoms with Gasteiger partial charge in [-0.1, -0.05) is 18.6 Å². The maximum Gasteiger partial charge on any atom is 0.328 e. The van der Waals surface area contributed by atoms with Crippen LogP contribution in [0.5, 0.6) is 0 Å². The number of aliphatic carboxylic acids is 1. The number of Topliss-reactive ketones (excluding diaryl/α,β-unsaturated/α-hetero) is 1. The molecule has 1 fully saturated rings. The Labute approximate surface area is 168 Å².